The number of carbonyl (C=O) groups is 4. The molecule has 4 amide bonds. The summed E-state index contributed by atoms with van der Waals surface area (Å²) in [6, 6.07) is 0. The van der Waals surface area contributed by atoms with Gasteiger partial charge in [-0.25, -0.2) is 0 Å². The number of carbonyl (C=O) groups excluding carboxylic acids is 4. The van der Waals surface area contributed by atoms with E-state index in [1.165, 1.54) is 103 Å². The number of hydrogen-bond acceptors (Lipinski definition) is 11. The van der Waals surface area contributed by atoms with Crippen molar-refractivity contribution in [1.82, 2.24) is 36.0 Å². The molecule has 0 saturated carbocycles. The maximum absolute atomic E-state index is 13.1. The second kappa shape index (κ2) is 56.7. The highest BCUT2D eigenvalue weighted by atomic mass is 32.2. The van der Waals surface area contributed by atoms with Gasteiger partial charge in [-0.3, -0.25) is 19.2 Å². The van der Waals surface area contributed by atoms with Crippen molar-refractivity contribution in [3.63, 3.8) is 0 Å². The van der Waals surface area contributed by atoms with Crippen LogP contribution >= 0.6 is 47.0 Å². The second-order valence-corrected chi connectivity index (χ2v) is 31.3. The van der Waals surface area contributed by atoms with Crippen LogP contribution in [0.1, 0.15) is 224 Å². The summed E-state index contributed by atoms with van der Waals surface area (Å²) >= 11 is 7.77. The molecule has 0 heterocycles. The monoisotopic (exact) mass is 1230 g/mol. The molecule has 0 aromatic carbocycles. The van der Waals surface area contributed by atoms with E-state index in [0.29, 0.717) is 78.0 Å². The standard InChI is InChI=1S/C67H135N7O4S4/c1-56(2)20-14-24-60(9)32-48-79-52-36-68-64(75)28-44-73(45-29-65(76)69-37-53-80-49-33-61(10)25-15-21-57(3)4)42-18-40-72(13)41-19-43-74(46-30-66(77)70-38-54-81-50-34-62(11)26-16-22-58(5)6)47-31-67(78)71-39-55-82-51-35-63(12)27-17-23-59(7)8/h56-63H,14-55H2,1-13H3,(H,68,75)(H,69,76)(H,70,77)(H,71,78). The smallest absolute Gasteiger partial charge is 0.221 e. The van der Waals surface area contributed by atoms with Crippen molar-refractivity contribution >= 4 is 70.7 Å². The molecule has 0 spiro atoms. The molecule has 0 aliphatic carbocycles. The van der Waals surface area contributed by atoms with Crippen LogP contribution in [-0.2, 0) is 19.2 Å². The lowest BCUT2D eigenvalue weighted by Crippen LogP contribution is -2.37. The summed E-state index contributed by atoms with van der Waals surface area (Å²) in [4.78, 5) is 59.2. The van der Waals surface area contributed by atoms with Crippen molar-refractivity contribution in [3.8, 4) is 0 Å². The van der Waals surface area contributed by atoms with Gasteiger partial charge in [-0.2, -0.15) is 47.0 Å². The van der Waals surface area contributed by atoms with E-state index in [0.717, 1.165) is 132 Å². The molecule has 82 heavy (non-hydrogen) atoms. The van der Waals surface area contributed by atoms with Crippen molar-refractivity contribution in [3.05, 3.63) is 0 Å². The van der Waals surface area contributed by atoms with E-state index in [9.17, 15) is 19.2 Å². The lowest BCUT2D eigenvalue weighted by atomic mass is 9.98. The fourth-order valence-corrected chi connectivity index (χ4v) is 14.1. The quantitative estimate of drug-likeness (QED) is 0.0435. The van der Waals surface area contributed by atoms with Crippen molar-refractivity contribution in [2.45, 2.75) is 224 Å². The molecule has 4 N–H and O–H groups in total. The van der Waals surface area contributed by atoms with Crippen molar-refractivity contribution in [2.75, 3.05) is 132 Å². The number of nitrogens with zero attached hydrogens (tertiary/aromatic N) is 3. The van der Waals surface area contributed by atoms with Gasteiger partial charge in [-0.05, 0) is 142 Å². The van der Waals surface area contributed by atoms with E-state index >= 15 is 0 Å². The van der Waals surface area contributed by atoms with E-state index in [1.54, 1.807) is 0 Å². The molecule has 0 fully saturated rings. The molecule has 15 heteroatoms. The summed E-state index contributed by atoms with van der Waals surface area (Å²) in [7, 11) is 2.17. The van der Waals surface area contributed by atoms with E-state index in [1.807, 2.05) is 47.0 Å². The molecule has 0 rings (SSSR count). The van der Waals surface area contributed by atoms with Gasteiger partial charge in [0.2, 0.25) is 23.6 Å². The number of amides is 4. The molecule has 4 unspecified atom stereocenters. The Morgan fingerprint density at radius 3 is 0.744 bits per heavy atom. The van der Waals surface area contributed by atoms with E-state index in [4.69, 9.17) is 0 Å². The molecule has 0 aromatic heterocycles. The van der Waals surface area contributed by atoms with Crippen LogP contribution in [0.2, 0.25) is 0 Å². The third-order valence-corrected chi connectivity index (χ3v) is 19.9. The number of thioether (sulfide) groups is 4. The summed E-state index contributed by atoms with van der Waals surface area (Å²) in [5.74, 6) is 14.8. The largest absolute Gasteiger partial charge is 0.355 e. The molecule has 0 saturated heterocycles. The summed E-state index contributed by atoms with van der Waals surface area (Å²) < 4.78 is 0. The van der Waals surface area contributed by atoms with Gasteiger partial charge in [0.05, 0.1) is 0 Å². The first-order valence-corrected chi connectivity index (χ1v) is 38.4. The predicted molar refractivity (Wildman–Crippen MR) is 369 cm³/mol. The minimum atomic E-state index is 0.0875. The van der Waals surface area contributed by atoms with E-state index in [-0.39, 0.29) is 23.6 Å². The summed E-state index contributed by atoms with van der Waals surface area (Å²) in [6.45, 7) is 36.7. The number of rotatable bonds is 60. The van der Waals surface area contributed by atoms with Gasteiger partial charge in [0.1, 0.15) is 0 Å². The van der Waals surface area contributed by atoms with Gasteiger partial charge in [0.25, 0.3) is 0 Å². The van der Waals surface area contributed by atoms with Gasteiger partial charge in [-0.15, -0.1) is 0 Å². The molecule has 0 aliphatic heterocycles. The van der Waals surface area contributed by atoms with Crippen molar-refractivity contribution in [2.24, 2.45) is 47.3 Å². The molecule has 0 aromatic rings. The SMILES string of the molecule is CC(C)CCCC(C)CCSCCNC(=O)CCN(CCCN(C)CCCN(CCC(=O)NCCSCCC(C)CCCC(C)C)CCC(=O)NCCSCCC(C)CCCC(C)C)CCC(=O)NCCSCCC(C)CCCC(C)C. The minimum Gasteiger partial charge on any atom is -0.355 e. The fourth-order valence-electron chi connectivity index (χ4n) is 9.98. The van der Waals surface area contributed by atoms with Gasteiger partial charge in [-0.1, -0.05) is 160 Å². The Morgan fingerprint density at radius 2 is 0.524 bits per heavy atom. The fraction of sp³-hybridized carbons (Fsp3) is 0.940. The first-order chi connectivity index (χ1) is 39.2. The lowest BCUT2D eigenvalue weighted by molar-refractivity contribution is -0.123. The summed E-state index contributed by atoms with van der Waals surface area (Å²) in [5.41, 5.74) is 0. The Hall–Kier alpha value is -0.840. The third kappa shape index (κ3) is 58.2. The Kier molecular flexibility index (Phi) is 56.1. The van der Waals surface area contributed by atoms with Crippen LogP contribution in [-0.4, -0.2) is 170 Å². The number of nitrogens with one attached hydrogen (secondary N) is 4. The van der Waals surface area contributed by atoms with Crippen LogP contribution in [0.3, 0.4) is 0 Å². The Bertz CT molecular complexity index is 1300. The zero-order chi connectivity index (χ0) is 61.0. The molecule has 0 bridgehead atoms. The zero-order valence-electron chi connectivity index (χ0n) is 55.9. The van der Waals surface area contributed by atoms with Gasteiger partial charge < -0.3 is 36.0 Å². The Balaban J connectivity index is 5.23. The predicted octanol–water partition coefficient (Wildman–Crippen LogP) is 14.7. The average molecular weight is 1230 g/mol. The van der Waals surface area contributed by atoms with Crippen molar-refractivity contribution in [1.29, 1.82) is 0 Å². The van der Waals surface area contributed by atoms with Crippen LogP contribution in [0.4, 0.5) is 0 Å². The normalized spacial score (nSPS) is 13.5. The zero-order valence-corrected chi connectivity index (χ0v) is 59.2. The highest BCUT2D eigenvalue weighted by Gasteiger charge is 2.15. The highest BCUT2D eigenvalue weighted by Crippen LogP contribution is 2.21. The minimum absolute atomic E-state index is 0.0875. The van der Waals surface area contributed by atoms with E-state index < -0.39 is 0 Å². The first-order valence-electron chi connectivity index (χ1n) is 33.8. The van der Waals surface area contributed by atoms with Crippen molar-refractivity contribution < 1.29 is 19.2 Å². The maximum Gasteiger partial charge on any atom is 0.221 e. The molecular weight excluding hydrogens is 1100 g/mol. The Labute approximate surface area is 525 Å². The van der Waals surface area contributed by atoms with Crippen LogP contribution < -0.4 is 21.3 Å². The molecular formula is C67H135N7O4S4. The molecule has 4 atom stereocenters. The lowest BCUT2D eigenvalue weighted by Gasteiger charge is -2.25. The van der Waals surface area contributed by atoms with Crippen LogP contribution in [0.15, 0.2) is 0 Å². The average Bonchev–Trinajstić information content (AvgIpc) is 3.41. The van der Waals surface area contributed by atoms with Gasteiger partial charge >= 0.3 is 0 Å². The van der Waals surface area contributed by atoms with Crippen LogP contribution in [0.25, 0.3) is 0 Å². The maximum atomic E-state index is 13.1. The number of hydrogen-bond donors (Lipinski definition) is 4. The summed E-state index contributed by atoms with van der Waals surface area (Å²) in [6.07, 6.45) is 24.3. The summed E-state index contributed by atoms with van der Waals surface area (Å²) in [5, 5.41) is 12.7. The van der Waals surface area contributed by atoms with Crippen LogP contribution in [0, 0.1) is 47.3 Å². The first kappa shape index (κ1) is 81.2. The topological polar surface area (TPSA) is 126 Å². The Morgan fingerprint density at radius 1 is 0.293 bits per heavy atom. The third-order valence-electron chi connectivity index (χ3n) is 15.9. The molecule has 0 radical (unpaired) electrons. The van der Waals surface area contributed by atoms with E-state index in [2.05, 4.69) is 126 Å². The van der Waals surface area contributed by atoms with Gasteiger partial charge in [0, 0.05) is 101 Å². The highest BCUT2D eigenvalue weighted by molar-refractivity contribution is 7.99. The second-order valence-electron chi connectivity index (χ2n) is 26.4. The van der Waals surface area contributed by atoms with Gasteiger partial charge in [0.15, 0.2) is 0 Å². The van der Waals surface area contributed by atoms with Crippen LogP contribution in [0.5, 0.6) is 0 Å². The molecule has 11 nitrogen and oxygen atoms in total. The molecule has 0 aliphatic rings. The molecule has 486 valence electrons.